The van der Waals surface area contributed by atoms with Gasteiger partial charge in [-0.15, -0.1) is 11.3 Å². The quantitative estimate of drug-likeness (QED) is 0.484. The van der Waals surface area contributed by atoms with Crippen molar-refractivity contribution >= 4 is 40.7 Å². The minimum Gasteiger partial charge on any atom is -0.343 e. The summed E-state index contributed by atoms with van der Waals surface area (Å²) in [5.41, 5.74) is 4.29. The van der Waals surface area contributed by atoms with Crippen LogP contribution in [-0.4, -0.2) is 36.7 Å². The molecule has 0 aliphatic rings. The average molecular weight is 470 g/mol. The van der Waals surface area contributed by atoms with Crippen molar-refractivity contribution in [2.75, 3.05) is 25.2 Å². The van der Waals surface area contributed by atoms with Crippen LogP contribution in [0.3, 0.4) is 0 Å². The molecule has 0 spiro atoms. The molecule has 0 aliphatic carbocycles. The number of carbonyl (C=O) groups is 2. The molecular formula is C24H28N3O3PS. The molecule has 168 valence electrons. The molecule has 0 saturated heterocycles. The highest BCUT2D eigenvalue weighted by molar-refractivity contribution is 7.70. The zero-order valence-electron chi connectivity index (χ0n) is 18.9. The van der Waals surface area contributed by atoms with Crippen molar-refractivity contribution < 1.29 is 14.2 Å². The van der Waals surface area contributed by atoms with Gasteiger partial charge >= 0.3 is 0 Å². The number of carbonyl (C=O) groups excluding carboxylic acids is 2. The Bertz CT molecular complexity index is 1200. The van der Waals surface area contributed by atoms with Crippen LogP contribution in [0.1, 0.15) is 41.3 Å². The van der Waals surface area contributed by atoms with Crippen LogP contribution in [-0.2, 0) is 9.36 Å². The molecule has 2 N–H and O–H groups in total. The zero-order valence-corrected chi connectivity index (χ0v) is 20.6. The summed E-state index contributed by atoms with van der Waals surface area (Å²) in [6.07, 6.45) is 0. The number of anilines is 1. The molecule has 0 unspecified atom stereocenters. The minimum atomic E-state index is -2.50. The summed E-state index contributed by atoms with van der Waals surface area (Å²) in [5.74, 6) is -0.332. The third-order valence-electron chi connectivity index (χ3n) is 5.06. The Labute approximate surface area is 192 Å². The van der Waals surface area contributed by atoms with Gasteiger partial charge in [-0.05, 0) is 55.5 Å². The van der Waals surface area contributed by atoms with Gasteiger partial charge < -0.3 is 15.2 Å². The number of hydrogen-bond donors (Lipinski definition) is 2. The lowest BCUT2D eigenvalue weighted by Gasteiger charge is -2.12. The lowest BCUT2D eigenvalue weighted by Crippen LogP contribution is -2.33. The molecule has 0 radical (unpaired) electrons. The fraction of sp³-hybridized carbons (Fsp3) is 0.292. The Morgan fingerprint density at radius 1 is 1.12 bits per heavy atom. The van der Waals surface area contributed by atoms with E-state index >= 15 is 0 Å². The van der Waals surface area contributed by atoms with E-state index in [1.54, 1.807) is 31.5 Å². The number of amides is 2. The van der Waals surface area contributed by atoms with E-state index in [0.717, 1.165) is 16.8 Å². The number of benzene rings is 2. The van der Waals surface area contributed by atoms with Crippen LogP contribution in [0.25, 0.3) is 11.3 Å². The molecule has 0 atom stereocenters. The van der Waals surface area contributed by atoms with Gasteiger partial charge in [0.15, 0.2) is 5.13 Å². The fourth-order valence-electron chi connectivity index (χ4n) is 3.28. The first kappa shape index (κ1) is 23.9. The van der Waals surface area contributed by atoms with Gasteiger partial charge in [0.1, 0.15) is 7.14 Å². The predicted molar refractivity (Wildman–Crippen MR) is 133 cm³/mol. The highest BCUT2D eigenvalue weighted by Crippen LogP contribution is 2.36. The number of thiazole rings is 1. The van der Waals surface area contributed by atoms with E-state index in [1.165, 1.54) is 16.9 Å². The minimum absolute atomic E-state index is 0.185. The molecule has 8 heteroatoms. The smallest absolute Gasteiger partial charge is 0.251 e. The van der Waals surface area contributed by atoms with Crippen molar-refractivity contribution in [3.05, 3.63) is 64.5 Å². The molecule has 1 heterocycles. The molecule has 0 bridgehead atoms. The largest absolute Gasteiger partial charge is 0.343 e. The molecule has 3 rings (SSSR count). The monoisotopic (exact) mass is 469 g/mol. The van der Waals surface area contributed by atoms with E-state index in [9.17, 15) is 14.2 Å². The van der Waals surface area contributed by atoms with Crippen molar-refractivity contribution in [1.29, 1.82) is 0 Å². The van der Waals surface area contributed by atoms with Crippen molar-refractivity contribution in [2.45, 2.75) is 26.7 Å². The van der Waals surface area contributed by atoms with Crippen LogP contribution in [0.2, 0.25) is 0 Å². The summed E-state index contributed by atoms with van der Waals surface area (Å²) >= 11 is 1.34. The van der Waals surface area contributed by atoms with E-state index in [2.05, 4.69) is 41.6 Å². The molecule has 32 heavy (non-hydrogen) atoms. The summed E-state index contributed by atoms with van der Waals surface area (Å²) in [6, 6.07) is 13.3. The summed E-state index contributed by atoms with van der Waals surface area (Å²) in [5, 5.41) is 8.39. The summed E-state index contributed by atoms with van der Waals surface area (Å²) < 4.78 is 12.4. The van der Waals surface area contributed by atoms with Gasteiger partial charge in [-0.2, -0.15) is 0 Å². The van der Waals surface area contributed by atoms with E-state index < -0.39 is 7.14 Å². The SMILES string of the molecule is Cc1ccc(C(=O)NCC(=O)Nc2nc(-c3cccc(C(C)C)c3)cs2)cc1P(C)(C)=O. The second kappa shape index (κ2) is 9.80. The lowest BCUT2D eigenvalue weighted by atomic mass is 10.0. The summed E-state index contributed by atoms with van der Waals surface area (Å²) in [4.78, 5) is 29.3. The third kappa shape index (κ3) is 5.93. The highest BCUT2D eigenvalue weighted by Gasteiger charge is 2.17. The van der Waals surface area contributed by atoms with Crippen LogP contribution in [0, 0.1) is 6.92 Å². The average Bonchev–Trinajstić information content (AvgIpc) is 3.20. The highest BCUT2D eigenvalue weighted by atomic mass is 32.1. The number of hydrogen-bond acceptors (Lipinski definition) is 5. The second-order valence-electron chi connectivity index (χ2n) is 8.40. The van der Waals surface area contributed by atoms with Gasteiger partial charge in [-0.3, -0.25) is 9.59 Å². The Morgan fingerprint density at radius 3 is 2.56 bits per heavy atom. The van der Waals surface area contributed by atoms with E-state index in [0.29, 0.717) is 21.9 Å². The number of nitrogens with zero attached hydrogens (tertiary/aromatic N) is 1. The number of aryl methyl sites for hydroxylation is 1. The number of nitrogens with one attached hydrogen (secondary N) is 2. The molecule has 6 nitrogen and oxygen atoms in total. The molecule has 2 aromatic carbocycles. The maximum absolute atomic E-state index is 12.5. The predicted octanol–water partition coefficient (Wildman–Crippen LogP) is 4.86. The standard InChI is InChI=1S/C24H28N3O3PS/c1-15(2)17-7-6-8-18(11-17)20-14-32-24(26-20)27-22(28)13-25-23(29)19-10-9-16(3)21(12-19)31(4,5)30/h6-12,14-15H,13H2,1-5H3,(H,25,29)(H,26,27,28). The van der Waals surface area contributed by atoms with Crippen LogP contribution >= 0.6 is 18.5 Å². The second-order valence-corrected chi connectivity index (χ2v) is 12.4. The normalized spacial score (nSPS) is 11.4. The van der Waals surface area contributed by atoms with Crippen molar-refractivity contribution in [1.82, 2.24) is 10.3 Å². The summed E-state index contributed by atoms with van der Waals surface area (Å²) in [6.45, 7) is 9.31. The van der Waals surface area contributed by atoms with Crippen LogP contribution in [0.15, 0.2) is 47.8 Å². The third-order valence-corrected chi connectivity index (χ3v) is 7.46. The maximum atomic E-state index is 12.5. The Morgan fingerprint density at radius 2 is 1.88 bits per heavy atom. The van der Waals surface area contributed by atoms with Gasteiger partial charge in [0.2, 0.25) is 5.91 Å². The topological polar surface area (TPSA) is 88.2 Å². The Hall–Kier alpha value is -2.76. The van der Waals surface area contributed by atoms with Crippen molar-refractivity contribution in [3.63, 3.8) is 0 Å². The van der Waals surface area contributed by atoms with Crippen molar-refractivity contribution in [3.8, 4) is 11.3 Å². The van der Waals surface area contributed by atoms with Crippen LogP contribution < -0.4 is 15.9 Å². The molecular weight excluding hydrogens is 441 g/mol. The molecule has 2 amide bonds. The lowest BCUT2D eigenvalue weighted by molar-refractivity contribution is -0.115. The molecule has 0 saturated carbocycles. The molecule has 0 fully saturated rings. The Kier molecular flexibility index (Phi) is 7.32. The van der Waals surface area contributed by atoms with Gasteiger partial charge in [0, 0.05) is 21.8 Å². The first-order valence-corrected chi connectivity index (χ1v) is 13.8. The van der Waals surface area contributed by atoms with Gasteiger partial charge in [0.25, 0.3) is 5.91 Å². The van der Waals surface area contributed by atoms with E-state index in [-0.39, 0.29) is 18.4 Å². The van der Waals surface area contributed by atoms with Crippen LogP contribution in [0.5, 0.6) is 0 Å². The Balaban J connectivity index is 1.61. The van der Waals surface area contributed by atoms with Gasteiger partial charge in [-0.1, -0.05) is 38.1 Å². The number of aromatic nitrogens is 1. The first-order chi connectivity index (χ1) is 15.0. The molecule has 3 aromatic rings. The number of rotatable bonds is 7. The summed E-state index contributed by atoms with van der Waals surface area (Å²) in [7, 11) is -2.50. The first-order valence-electron chi connectivity index (χ1n) is 10.3. The zero-order chi connectivity index (χ0) is 23.5. The molecule has 0 aliphatic heterocycles. The van der Waals surface area contributed by atoms with Crippen molar-refractivity contribution in [2.24, 2.45) is 0 Å². The van der Waals surface area contributed by atoms with Gasteiger partial charge in [0.05, 0.1) is 12.2 Å². The van der Waals surface area contributed by atoms with Gasteiger partial charge in [-0.25, -0.2) is 4.98 Å². The van der Waals surface area contributed by atoms with Crippen LogP contribution in [0.4, 0.5) is 5.13 Å². The molecule has 1 aromatic heterocycles. The van der Waals surface area contributed by atoms with E-state index in [1.807, 2.05) is 24.4 Å². The fourth-order valence-corrected chi connectivity index (χ4v) is 5.39. The maximum Gasteiger partial charge on any atom is 0.251 e. The van der Waals surface area contributed by atoms with E-state index in [4.69, 9.17) is 0 Å².